The van der Waals surface area contributed by atoms with Gasteiger partial charge < -0.3 is 10.2 Å². The van der Waals surface area contributed by atoms with Crippen molar-refractivity contribution in [3.63, 3.8) is 0 Å². The van der Waals surface area contributed by atoms with Gasteiger partial charge in [0.1, 0.15) is 5.82 Å². The number of benzene rings is 1. The van der Waals surface area contributed by atoms with Crippen molar-refractivity contribution in [1.82, 2.24) is 9.88 Å². The first-order valence-electron chi connectivity index (χ1n) is 6.72. The average molecular weight is 336 g/mol. The first-order chi connectivity index (χ1) is 9.67. The van der Waals surface area contributed by atoms with Gasteiger partial charge in [0.25, 0.3) is 0 Å². The monoisotopic (exact) mass is 335 g/mol. The number of fused-ring (bicyclic) bond motifs is 1. The second-order valence-corrected chi connectivity index (χ2v) is 5.27. The smallest absolute Gasteiger partial charge is 0.241 e. The fraction of sp³-hybridized carbons (Fsp3) is 0.333. The van der Waals surface area contributed by atoms with Gasteiger partial charge in [-0.15, -0.1) is 0 Å². The number of aromatic nitrogens is 1. The number of rotatable bonds is 5. The normalized spacial score (nSPS) is 10.6. The number of halogens is 1. The van der Waals surface area contributed by atoms with Crippen LogP contribution in [0.3, 0.4) is 0 Å². The quantitative estimate of drug-likeness (QED) is 0.911. The lowest BCUT2D eigenvalue weighted by Gasteiger charge is -2.19. The van der Waals surface area contributed by atoms with E-state index in [0.29, 0.717) is 0 Å². The zero-order chi connectivity index (χ0) is 14.5. The molecule has 0 unspecified atom stereocenters. The Morgan fingerprint density at radius 3 is 2.70 bits per heavy atom. The Morgan fingerprint density at radius 1 is 1.25 bits per heavy atom. The lowest BCUT2D eigenvalue weighted by molar-refractivity contribution is -0.128. The van der Waals surface area contributed by atoms with Crippen LogP contribution < -0.4 is 5.32 Å². The lowest BCUT2D eigenvalue weighted by Crippen LogP contribution is -2.35. The highest BCUT2D eigenvalue weighted by molar-refractivity contribution is 9.10. The number of likely N-dealkylation sites (N-methyl/N-ethyl adjacent to an activating group) is 1. The summed E-state index contributed by atoms with van der Waals surface area (Å²) in [5.74, 6) is 0.827. The molecular formula is C15H18BrN3O. The van der Waals surface area contributed by atoms with Crippen LogP contribution in [-0.2, 0) is 4.79 Å². The molecule has 0 saturated carbocycles. The molecule has 0 aliphatic rings. The van der Waals surface area contributed by atoms with Gasteiger partial charge in [-0.05, 0) is 26.0 Å². The van der Waals surface area contributed by atoms with E-state index in [1.165, 1.54) is 0 Å². The third-order valence-corrected chi connectivity index (χ3v) is 3.97. The Labute approximate surface area is 127 Å². The van der Waals surface area contributed by atoms with E-state index >= 15 is 0 Å². The van der Waals surface area contributed by atoms with Gasteiger partial charge in [-0.3, -0.25) is 4.79 Å². The van der Waals surface area contributed by atoms with Crippen LogP contribution in [0.25, 0.3) is 10.8 Å². The number of carbonyl (C=O) groups excluding carboxylic acids is 1. The molecule has 1 aromatic heterocycles. The minimum absolute atomic E-state index is 0.0869. The third kappa shape index (κ3) is 3.10. The number of hydrogen-bond donors (Lipinski definition) is 1. The summed E-state index contributed by atoms with van der Waals surface area (Å²) in [4.78, 5) is 18.1. The number of pyridine rings is 1. The molecule has 20 heavy (non-hydrogen) atoms. The highest BCUT2D eigenvalue weighted by Gasteiger charge is 2.10. The Kier molecular flexibility index (Phi) is 4.95. The van der Waals surface area contributed by atoms with Crippen molar-refractivity contribution in [1.29, 1.82) is 0 Å². The van der Waals surface area contributed by atoms with Gasteiger partial charge in [-0.25, -0.2) is 4.98 Å². The van der Waals surface area contributed by atoms with Crippen LogP contribution in [0.1, 0.15) is 13.8 Å². The predicted molar refractivity (Wildman–Crippen MR) is 85.9 cm³/mol. The number of anilines is 1. The molecule has 0 atom stereocenters. The summed E-state index contributed by atoms with van der Waals surface area (Å²) in [6.45, 7) is 5.68. The summed E-state index contributed by atoms with van der Waals surface area (Å²) in [7, 11) is 0. The molecule has 106 valence electrons. The molecule has 0 fully saturated rings. The van der Waals surface area contributed by atoms with Gasteiger partial charge in [0.05, 0.1) is 6.54 Å². The minimum atomic E-state index is 0.0869. The van der Waals surface area contributed by atoms with Gasteiger partial charge in [0, 0.05) is 34.5 Å². The van der Waals surface area contributed by atoms with Crippen LogP contribution in [0.5, 0.6) is 0 Å². The Hall–Kier alpha value is -1.62. The topological polar surface area (TPSA) is 45.2 Å². The van der Waals surface area contributed by atoms with Gasteiger partial charge in [0.2, 0.25) is 5.91 Å². The molecule has 2 rings (SSSR count). The van der Waals surface area contributed by atoms with Crippen molar-refractivity contribution in [2.45, 2.75) is 13.8 Å². The van der Waals surface area contributed by atoms with Crippen molar-refractivity contribution in [3.05, 3.63) is 34.9 Å². The number of carbonyl (C=O) groups is 1. The molecule has 4 nitrogen and oxygen atoms in total. The van der Waals surface area contributed by atoms with Crippen LogP contribution in [0.4, 0.5) is 5.82 Å². The second kappa shape index (κ2) is 6.70. The minimum Gasteiger partial charge on any atom is -0.360 e. The molecule has 1 amide bonds. The Bertz CT molecular complexity index is 611. The number of nitrogens with one attached hydrogen (secondary N) is 1. The standard InChI is InChI=1S/C15H18BrN3O/c1-3-19(4-2)14(20)10-18-15-12-6-5-7-13(16)11(12)8-9-17-15/h5-9H,3-4,10H2,1-2H3,(H,17,18). The number of amides is 1. The summed E-state index contributed by atoms with van der Waals surface area (Å²) in [6.07, 6.45) is 1.75. The molecular weight excluding hydrogens is 318 g/mol. The molecule has 1 heterocycles. The van der Waals surface area contributed by atoms with Crippen LogP contribution >= 0.6 is 15.9 Å². The van der Waals surface area contributed by atoms with Crippen molar-refractivity contribution in [2.75, 3.05) is 25.0 Å². The molecule has 0 saturated heterocycles. The van der Waals surface area contributed by atoms with Crippen molar-refractivity contribution < 1.29 is 4.79 Å². The van der Waals surface area contributed by atoms with E-state index in [-0.39, 0.29) is 12.5 Å². The number of hydrogen-bond acceptors (Lipinski definition) is 3. The van der Waals surface area contributed by atoms with E-state index in [2.05, 4.69) is 26.2 Å². The van der Waals surface area contributed by atoms with E-state index in [0.717, 1.165) is 34.2 Å². The summed E-state index contributed by atoms with van der Waals surface area (Å²) >= 11 is 3.53. The second-order valence-electron chi connectivity index (χ2n) is 4.41. The van der Waals surface area contributed by atoms with Crippen LogP contribution in [0.15, 0.2) is 34.9 Å². The maximum Gasteiger partial charge on any atom is 0.241 e. The lowest BCUT2D eigenvalue weighted by atomic mass is 10.1. The molecule has 0 spiro atoms. The Balaban J connectivity index is 2.18. The Morgan fingerprint density at radius 2 is 2.00 bits per heavy atom. The molecule has 5 heteroatoms. The number of nitrogens with zero attached hydrogens (tertiary/aromatic N) is 2. The van der Waals surface area contributed by atoms with Crippen molar-refractivity contribution in [2.24, 2.45) is 0 Å². The largest absolute Gasteiger partial charge is 0.360 e. The van der Waals surface area contributed by atoms with Crippen LogP contribution in [0.2, 0.25) is 0 Å². The average Bonchev–Trinajstić information content (AvgIpc) is 2.47. The summed E-state index contributed by atoms with van der Waals surface area (Å²) in [6, 6.07) is 7.91. The predicted octanol–water partition coefficient (Wildman–Crippen LogP) is 3.28. The molecule has 2 aromatic rings. The first kappa shape index (κ1) is 14.8. The zero-order valence-corrected chi connectivity index (χ0v) is 13.3. The zero-order valence-electron chi connectivity index (χ0n) is 11.7. The van der Waals surface area contributed by atoms with E-state index in [9.17, 15) is 4.79 Å². The van der Waals surface area contributed by atoms with Crippen molar-refractivity contribution in [3.8, 4) is 0 Å². The van der Waals surface area contributed by atoms with Gasteiger partial charge >= 0.3 is 0 Å². The van der Waals surface area contributed by atoms with E-state index in [1.807, 2.05) is 38.1 Å². The molecule has 1 N–H and O–H groups in total. The van der Waals surface area contributed by atoms with Crippen LogP contribution in [0, 0.1) is 0 Å². The first-order valence-corrected chi connectivity index (χ1v) is 7.51. The molecule has 1 aromatic carbocycles. The molecule has 0 aliphatic heterocycles. The van der Waals surface area contributed by atoms with Gasteiger partial charge in [0.15, 0.2) is 0 Å². The summed E-state index contributed by atoms with van der Waals surface area (Å²) < 4.78 is 1.02. The van der Waals surface area contributed by atoms with Gasteiger partial charge in [-0.2, -0.15) is 0 Å². The summed E-state index contributed by atoms with van der Waals surface area (Å²) in [5, 5.41) is 5.23. The van der Waals surface area contributed by atoms with Crippen LogP contribution in [-0.4, -0.2) is 35.4 Å². The van der Waals surface area contributed by atoms with E-state index < -0.39 is 0 Å². The van der Waals surface area contributed by atoms with Gasteiger partial charge in [-0.1, -0.05) is 28.1 Å². The third-order valence-electron chi connectivity index (χ3n) is 3.28. The SMILES string of the molecule is CCN(CC)C(=O)CNc1nccc2c(Br)cccc12. The summed E-state index contributed by atoms with van der Waals surface area (Å²) in [5.41, 5.74) is 0. The maximum atomic E-state index is 12.0. The maximum absolute atomic E-state index is 12.0. The fourth-order valence-corrected chi connectivity index (χ4v) is 2.66. The van der Waals surface area contributed by atoms with E-state index in [1.54, 1.807) is 11.1 Å². The highest BCUT2D eigenvalue weighted by Crippen LogP contribution is 2.27. The molecule has 0 aliphatic carbocycles. The highest BCUT2D eigenvalue weighted by atomic mass is 79.9. The van der Waals surface area contributed by atoms with Crippen molar-refractivity contribution >= 4 is 38.4 Å². The fourth-order valence-electron chi connectivity index (χ4n) is 2.16. The molecule has 0 radical (unpaired) electrons. The van der Waals surface area contributed by atoms with E-state index in [4.69, 9.17) is 0 Å². The molecule has 0 bridgehead atoms.